The van der Waals surface area contributed by atoms with E-state index in [1.165, 1.54) is 30.9 Å². The molecule has 0 spiro atoms. The van der Waals surface area contributed by atoms with E-state index in [1.54, 1.807) is 6.07 Å². The van der Waals surface area contributed by atoms with Crippen LogP contribution in [0.5, 0.6) is 0 Å². The van der Waals surface area contributed by atoms with Gasteiger partial charge < -0.3 is 5.11 Å². The number of hydrogen-bond donors (Lipinski definition) is 1. The van der Waals surface area contributed by atoms with Gasteiger partial charge in [0.25, 0.3) is 0 Å². The number of sulfonamides is 1. The normalized spacial score (nSPS) is 12.2. The molecule has 2 rings (SSSR count). The summed E-state index contributed by atoms with van der Waals surface area (Å²) in [5.74, 6) is -1.14. The molecular formula is C11H14N4O4S. The van der Waals surface area contributed by atoms with Crippen LogP contribution in [0.4, 0.5) is 0 Å². The molecule has 1 aromatic carbocycles. The van der Waals surface area contributed by atoms with Gasteiger partial charge in [-0.25, -0.2) is 22.2 Å². The van der Waals surface area contributed by atoms with E-state index >= 15 is 0 Å². The van der Waals surface area contributed by atoms with Gasteiger partial charge >= 0.3 is 5.97 Å². The van der Waals surface area contributed by atoms with Crippen LogP contribution in [0.15, 0.2) is 18.2 Å². The van der Waals surface area contributed by atoms with Crippen molar-refractivity contribution in [2.45, 2.75) is 6.54 Å². The number of aryl methyl sites for hydroxylation is 1. The zero-order valence-corrected chi connectivity index (χ0v) is 11.8. The average Bonchev–Trinajstić information content (AvgIpc) is 2.78. The van der Waals surface area contributed by atoms with Crippen LogP contribution >= 0.6 is 0 Å². The molecule has 0 aliphatic heterocycles. The van der Waals surface area contributed by atoms with Crippen LogP contribution in [0, 0.1) is 0 Å². The molecule has 0 amide bonds. The van der Waals surface area contributed by atoms with Gasteiger partial charge in [-0.3, -0.25) is 0 Å². The lowest BCUT2D eigenvalue weighted by atomic mass is 10.2. The van der Waals surface area contributed by atoms with E-state index in [9.17, 15) is 13.2 Å². The highest BCUT2D eigenvalue weighted by molar-refractivity contribution is 7.89. The van der Waals surface area contributed by atoms with E-state index in [-0.39, 0.29) is 17.9 Å². The van der Waals surface area contributed by atoms with Crippen LogP contribution in [0.2, 0.25) is 0 Å². The third-order valence-electron chi connectivity index (χ3n) is 2.88. The highest BCUT2D eigenvalue weighted by atomic mass is 32.2. The number of fused-ring (bicyclic) bond motifs is 1. The second-order valence-electron chi connectivity index (χ2n) is 4.42. The van der Waals surface area contributed by atoms with Crippen molar-refractivity contribution in [3.8, 4) is 0 Å². The lowest BCUT2D eigenvalue weighted by molar-refractivity contribution is 0.0697. The van der Waals surface area contributed by atoms with Crippen LogP contribution in [0.3, 0.4) is 0 Å². The first-order valence-electron chi connectivity index (χ1n) is 5.78. The van der Waals surface area contributed by atoms with Crippen molar-refractivity contribution in [2.24, 2.45) is 0 Å². The Morgan fingerprint density at radius 2 is 2.10 bits per heavy atom. The van der Waals surface area contributed by atoms with Crippen molar-refractivity contribution in [3.05, 3.63) is 23.8 Å². The van der Waals surface area contributed by atoms with Gasteiger partial charge in [0, 0.05) is 14.1 Å². The highest BCUT2D eigenvalue weighted by Crippen LogP contribution is 2.13. The molecule has 0 unspecified atom stereocenters. The van der Waals surface area contributed by atoms with Crippen molar-refractivity contribution in [2.75, 3.05) is 19.8 Å². The molecule has 1 heterocycles. The highest BCUT2D eigenvalue weighted by Gasteiger charge is 2.15. The Hall–Kier alpha value is -2.00. The van der Waals surface area contributed by atoms with Crippen molar-refractivity contribution >= 4 is 27.0 Å². The lowest BCUT2D eigenvalue weighted by Gasteiger charge is -2.10. The number of nitrogens with zero attached hydrogens (tertiary/aromatic N) is 4. The Morgan fingerprint density at radius 3 is 2.70 bits per heavy atom. The Bertz CT molecular complexity index is 751. The monoisotopic (exact) mass is 298 g/mol. The maximum Gasteiger partial charge on any atom is 0.335 e. The van der Waals surface area contributed by atoms with Gasteiger partial charge in [-0.1, -0.05) is 5.21 Å². The number of aromatic nitrogens is 3. The third-order valence-corrected chi connectivity index (χ3v) is 4.69. The summed E-state index contributed by atoms with van der Waals surface area (Å²) in [6.07, 6.45) is 0. The molecule has 1 N–H and O–H groups in total. The third kappa shape index (κ3) is 2.78. The Morgan fingerprint density at radius 1 is 1.40 bits per heavy atom. The van der Waals surface area contributed by atoms with E-state index in [2.05, 4.69) is 10.3 Å². The smallest absolute Gasteiger partial charge is 0.335 e. The first kappa shape index (κ1) is 14.4. The fourth-order valence-corrected chi connectivity index (χ4v) is 2.42. The van der Waals surface area contributed by atoms with Gasteiger partial charge in [0.15, 0.2) is 0 Å². The standard InChI is InChI=1S/C11H14N4O4S/c1-14(2)20(18,19)6-5-15-10-4-3-8(11(16)17)7-9(10)12-13-15/h3-4,7H,5-6H2,1-2H3,(H,16,17). The molecule has 0 aliphatic rings. The average molecular weight is 298 g/mol. The van der Waals surface area contributed by atoms with Crippen molar-refractivity contribution < 1.29 is 18.3 Å². The largest absolute Gasteiger partial charge is 0.478 e. The molecule has 9 heteroatoms. The molecular weight excluding hydrogens is 284 g/mol. The molecule has 0 aliphatic carbocycles. The summed E-state index contributed by atoms with van der Waals surface area (Å²) in [4.78, 5) is 10.8. The summed E-state index contributed by atoms with van der Waals surface area (Å²) in [6.45, 7) is 0.156. The minimum absolute atomic E-state index is 0.0981. The number of carboxylic acids is 1. The number of benzene rings is 1. The maximum atomic E-state index is 11.7. The maximum absolute atomic E-state index is 11.7. The minimum Gasteiger partial charge on any atom is -0.478 e. The predicted molar refractivity (Wildman–Crippen MR) is 72.0 cm³/mol. The molecule has 20 heavy (non-hydrogen) atoms. The van der Waals surface area contributed by atoms with Gasteiger partial charge in [0.2, 0.25) is 10.0 Å². The molecule has 0 radical (unpaired) electrons. The molecule has 2 aromatic rings. The number of hydrogen-bond acceptors (Lipinski definition) is 5. The number of carbonyl (C=O) groups is 1. The van der Waals surface area contributed by atoms with Crippen LogP contribution in [0.1, 0.15) is 10.4 Å². The zero-order chi connectivity index (χ0) is 14.9. The van der Waals surface area contributed by atoms with Gasteiger partial charge in [-0.05, 0) is 18.2 Å². The topological polar surface area (TPSA) is 105 Å². The SMILES string of the molecule is CN(C)S(=O)(=O)CCn1nnc2cc(C(=O)O)ccc21. The summed E-state index contributed by atoms with van der Waals surface area (Å²) >= 11 is 0. The molecule has 8 nitrogen and oxygen atoms in total. The van der Waals surface area contributed by atoms with E-state index in [0.717, 1.165) is 4.31 Å². The first-order valence-corrected chi connectivity index (χ1v) is 7.39. The first-order chi connectivity index (χ1) is 9.31. The molecule has 1 aromatic heterocycles. The molecule has 0 bridgehead atoms. The van der Waals surface area contributed by atoms with Crippen LogP contribution in [-0.2, 0) is 16.6 Å². The van der Waals surface area contributed by atoms with Crippen molar-refractivity contribution in [1.29, 1.82) is 0 Å². The van der Waals surface area contributed by atoms with Gasteiger partial charge in [-0.15, -0.1) is 5.10 Å². The van der Waals surface area contributed by atoms with Gasteiger partial charge in [0.1, 0.15) is 5.52 Å². The summed E-state index contributed by atoms with van der Waals surface area (Å²) in [5, 5.41) is 16.6. The van der Waals surface area contributed by atoms with Gasteiger partial charge in [0.05, 0.1) is 23.4 Å². The summed E-state index contributed by atoms with van der Waals surface area (Å²) in [7, 11) is -0.382. The van der Waals surface area contributed by atoms with Crippen molar-refractivity contribution in [1.82, 2.24) is 19.3 Å². The Labute approximate surface area is 115 Å². The molecule has 0 saturated carbocycles. The summed E-state index contributed by atoms with van der Waals surface area (Å²) in [6, 6.07) is 4.41. The fraction of sp³-hybridized carbons (Fsp3) is 0.364. The van der Waals surface area contributed by atoms with E-state index < -0.39 is 16.0 Å². The number of aromatic carboxylic acids is 1. The summed E-state index contributed by atoms with van der Waals surface area (Å²) in [5.41, 5.74) is 1.14. The van der Waals surface area contributed by atoms with Crippen molar-refractivity contribution in [3.63, 3.8) is 0 Å². The second kappa shape index (κ2) is 5.17. The van der Waals surface area contributed by atoms with E-state index in [0.29, 0.717) is 11.0 Å². The van der Waals surface area contributed by atoms with E-state index in [4.69, 9.17) is 5.11 Å². The Kier molecular flexibility index (Phi) is 3.73. The van der Waals surface area contributed by atoms with E-state index in [1.807, 2.05) is 0 Å². The quantitative estimate of drug-likeness (QED) is 0.834. The molecule has 0 atom stereocenters. The van der Waals surface area contributed by atoms with Crippen LogP contribution in [0.25, 0.3) is 11.0 Å². The fourth-order valence-electron chi connectivity index (χ4n) is 1.65. The number of carboxylic acid groups (broad SMARTS) is 1. The molecule has 108 valence electrons. The number of rotatable bonds is 5. The lowest BCUT2D eigenvalue weighted by Crippen LogP contribution is -2.27. The second-order valence-corrected chi connectivity index (χ2v) is 6.72. The minimum atomic E-state index is -3.31. The molecule has 0 fully saturated rings. The van der Waals surface area contributed by atoms with Crippen LogP contribution < -0.4 is 0 Å². The van der Waals surface area contributed by atoms with Gasteiger partial charge in [-0.2, -0.15) is 0 Å². The summed E-state index contributed by atoms with van der Waals surface area (Å²) < 4.78 is 26.0. The Balaban J connectivity index is 2.27. The molecule has 0 saturated heterocycles. The predicted octanol–water partition coefficient (Wildman–Crippen LogP) is 0.0209. The zero-order valence-electron chi connectivity index (χ0n) is 11.0. The van der Waals surface area contributed by atoms with Crippen LogP contribution in [-0.4, -0.2) is 58.6 Å².